The molecule has 0 saturated heterocycles. The van der Waals surface area contributed by atoms with Crippen LogP contribution in [-0.2, 0) is 0 Å². The van der Waals surface area contributed by atoms with Crippen LogP contribution in [0.3, 0.4) is 0 Å². The van der Waals surface area contributed by atoms with E-state index in [4.69, 9.17) is 5.26 Å². The zero-order valence-electron chi connectivity index (χ0n) is 11.1. The number of nitrogens with one attached hydrogen (secondary N) is 2. The minimum absolute atomic E-state index is 0.166. The number of amides is 1. The zero-order valence-corrected chi connectivity index (χ0v) is 12.7. The lowest BCUT2D eigenvalue weighted by atomic mass is 10.2. The molecule has 0 fully saturated rings. The largest absolute Gasteiger partial charge is 0.382 e. The van der Waals surface area contributed by atoms with Crippen LogP contribution >= 0.6 is 15.9 Å². The van der Waals surface area contributed by atoms with E-state index in [0.717, 1.165) is 10.2 Å². The molecule has 6 heteroatoms. The van der Waals surface area contributed by atoms with Crippen LogP contribution in [0.15, 0.2) is 47.2 Å². The fourth-order valence-corrected chi connectivity index (χ4v) is 2.10. The van der Waals surface area contributed by atoms with E-state index in [0.29, 0.717) is 24.2 Å². The van der Waals surface area contributed by atoms with Gasteiger partial charge in [0.2, 0.25) is 0 Å². The second-order valence-electron chi connectivity index (χ2n) is 4.23. The number of rotatable bonds is 5. The van der Waals surface area contributed by atoms with Crippen molar-refractivity contribution in [3.8, 4) is 6.07 Å². The topological polar surface area (TPSA) is 77.8 Å². The van der Waals surface area contributed by atoms with Gasteiger partial charge in [0.05, 0.1) is 16.8 Å². The van der Waals surface area contributed by atoms with E-state index in [1.165, 1.54) is 6.20 Å². The van der Waals surface area contributed by atoms with Crippen LogP contribution < -0.4 is 10.6 Å². The summed E-state index contributed by atoms with van der Waals surface area (Å²) >= 11 is 3.32. The molecule has 5 nitrogen and oxygen atoms in total. The van der Waals surface area contributed by atoms with Crippen LogP contribution in [0.2, 0.25) is 0 Å². The van der Waals surface area contributed by atoms with Crippen molar-refractivity contribution in [3.05, 3.63) is 58.3 Å². The van der Waals surface area contributed by atoms with Crippen molar-refractivity contribution < 1.29 is 4.79 Å². The number of pyridine rings is 1. The van der Waals surface area contributed by atoms with Crippen molar-refractivity contribution in [1.29, 1.82) is 5.26 Å². The third kappa shape index (κ3) is 4.29. The fraction of sp³-hybridized carbons (Fsp3) is 0.133. The number of anilines is 1. The summed E-state index contributed by atoms with van der Waals surface area (Å²) in [5, 5.41) is 15.0. The van der Waals surface area contributed by atoms with Crippen LogP contribution in [0.1, 0.15) is 15.9 Å². The minimum atomic E-state index is -0.166. The first-order valence-corrected chi connectivity index (χ1v) is 7.12. The van der Waals surface area contributed by atoms with E-state index < -0.39 is 0 Å². The van der Waals surface area contributed by atoms with E-state index in [2.05, 4.69) is 37.6 Å². The highest BCUT2D eigenvalue weighted by Gasteiger charge is 2.05. The summed E-state index contributed by atoms with van der Waals surface area (Å²) in [5.41, 5.74) is 1.83. The van der Waals surface area contributed by atoms with Crippen molar-refractivity contribution in [1.82, 2.24) is 10.3 Å². The molecule has 106 valence electrons. The zero-order chi connectivity index (χ0) is 15.1. The Morgan fingerprint density at radius 3 is 2.90 bits per heavy atom. The number of nitriles is 1. The Morgan fingerprint density at radius 2 is 2.19 bits per heavy atom. The monoisotopic (exact) mass is 344 g/mol. The average Bonchev–Trinajstić information content (AvgIpc) is 2.53. The first-order valence-electron chi connectivity index (χ1n) is 6.32. The van der Waals surface area contributed by atoms with Crippen LogP contribution in [-0.4, -0.2) is 24.0 Å². The summed E-state index contributed by atoms with van der Waals surface area (Å²) in [5.74, 6) is -0.166. The fourth-order valence-electron chi connectivity index (χ4n) is 1.74. The first kappa shape index (κ1) is 15.0. The van der Waals surface area contributed by atoms with Crippen molar-refractivity contribution in [2.45, 2.75) is 0 Å². The lowest BCUT2D eigenvalue weighted by molar-refractivity contribution is 0.0955. The average molecular weight is 345 g/mol. The molecule has 1 aromatic heterocycles. The molecule has 0 spiro atoms. The molecular formula is C15H13BrN4O. The smallest absolute Gasteiger partial charge is 0.252 e. The molecule has 0 bridgehead atoms. The third-order valence-corrected chi connectivity index (χ3v) is 3.25. The lowest BCUT2D eigenvalue weighted by Crippen LogP contribution is -2.28. The number of hydrogen-bond acceptors (Lipinski definition) is 4. The highest BCUT2D eigenvalue weighted by Crippen LogP contribution is 2.19. The highest BCUT2D eigenvalue weighted by molar-refractivity contribution is 9.10. The maximum absolute atomic E-state index is 11.8. The Balaban J connectivity index is 1.83. The number of aromatic nitrogens is 1. The molecule has 21 heavy (non-hydrogen) atoms. The van der Waals surface area contributed by atoms with E-state index >= 15 is 0 Å². The van der Waals surface area contributed by atoms with Gasteiger partial charge in [-0.2, -0.15) is 5.26 Å². The summed E-state index contributed by atoms with van der Waals surface area (Å²) in [4.78, 5) is 15.7. The summed E-state index contributed by atoms with van der Waals surface area (Å²) < 4.78 is 0.856. The second-order valence-corrected chi connectivity index (χ2v) is 5.14. The van der Waals surface area contributed by atoms with Crippen LogP contribution in [0.4, 0.5) is 5.69 Å². The van der Waals surface area contributed by atoms with E-state index in [1.54, 1.807) is 24.4 Å². The quantitative estimate of drug-likeness (QED) is 0.817. The Hall–Kier alpha value is -2.39. The minimum Gasteiger partial charge on any atom is -0.382 e. The van der Waals surface area contributed by atoms with Gasteiger partial charge in [0, 0.05) is 30.0 Å². The van der Waals surface area contributed by atoms with Crippen LogP contribution in [0.5, 0.6) is 0 Å². The Kier molecular flexibility index (Phi) is 5.29. The first-order chi connectivity index (χ1) is 10.2. The molecule has 0 aliphatic heterocycles. The summed E-state index contributed by atoms with van der Waals surface area (Å²) in [6.07, 6.45) is 3.14. The normalized spacial score (nSPS) is 9.71. The Labute approximate surface area is 131 Å². The number of halogens is 1. The molecule has 1 amide bonds. The molecular weight excluding hydrogens is 332 g/mol. The van der Waals surface area contributed by atoms with Gasteiger partial charge in [-0.15, -0.1) is 0 Å². The predicted octanol–water partition coefficient (Wildman–Crippen LogP) is 2.56. The molecule has 2 N–H and O–H groups in total. The van der Waals surface area contributed by atoms with Gasteiger partial charge >= 0.3 is 0 Å². The SMILES string of the molecule is N#Cc1cc(Br)ccc1NCCNC(=O)c1cccnc1. The molecule has 2 aromatic rings. The molecule has 0 unspecified atom stereocenters. The van der Waals surface area contributed by atoms with Crippen molar-refractivity contribution in [2.24, 2.45) is 0 Å². The predicted molar refractivity (Wildman–Crippen MR) is 83.9 cm³/mol. The van der Waals surface area contributed by atoms with Gasteiger partial charge in [-0.1, -0.05) is 15.9 Å². The molecule has 0 atom stereocenters. The molecule has 0 saturated carbocycles. The van der Waals surface area contributed by atoms with Crippen molar-refractivity contribution in [3.63, 3.8) is 0 Å². The Bertz CT molecular complexity index is 667. The van der Waals surface area contributed by atoms with Crippen molar-refractivity contribution in [2.75, 3.05) is 18.4 Å². The molecule has 1 heterocycles. The third-order valence-electron chi connectivity index (χ3n) is 2.75. The maximum Gasteiger partial charge on any atom is 0.252 e. The lowest BCUT2D eigenvalue weighted by Gasteiger charge is -2.09. The van der Waals surface area contributed by atoms with E-state index in [9.17, 15) is 4.79 Å². The molecule has 2 rings (SSSR count). The Morgan fingerprint density at radius 1 is 1.33 bits per heavy atom. The number of nitrogens with zero attached hydrogens (tertiary/aromatic N) is 2. The standard InChI is InChI=1S/C15H13BrN4O/c16-13-3-4-14(12(8-13)9-17)19-6-7-20-15(21)11-2-1-5-18-10-11/h1-5,8,10,19H,6-7H2,(H,20,21). The van der Waals surface area contributed by atoms with E-state index in [1.807, 2.05) is 12.1 Å². The van der Waals surface area contributed by atoms with Gasteiger partial charge < -0.3 is 10.6 Å². The molecule has 0 aliphatic carbocycles. The molecule has 1 aromatic carbocycles. The molecule has 0 radical (unpaired) electrons. The van der Waals surface area contributed by atoms with Gasteiger partial charge in [-0.05, 0) is 30.3 Å². The maximum atomic E-state index is 11.8. The van der Waals surface area contributed by atoms with Gasteiger partial charge in [-0.25, -0.2) is 0 Å². The van der Waals surface area contributed by atoms with Crippen LogP contribution in [0, 0.1) is 11.3 Å². The number of benzene rings is 1. The highest BCUT2D eigenvalue weighted by atomic mass is 79.9. The van der Waals surface area contributed by atoms with Crippen LogP contribution in [0.25, 0.3) is 0 Å². The van der Waals surface area contributed by atoms with E-state index in [-0.39, 0.29) is 5.91 Å². The molecule has 0 aliphatic rings. The van der Waals surface area contributed by atoms with Gasteiger partial charge in [0.1, 0.15) is 6.07 Å². The summed E-state index contributed by atoms with van der Waals surface area (Å²) in [6.45, 7) is 0.983. The number of carbonyl (C=O) groups is 1. The second kappa shape index (κ2) is 7.41. The van der Waals surface area contributed by atoms with Gasteiger partial charge in [-0.3, -0.25) is 9.78 Å². The van der Waals surface area contributed by atoms with Gasteiger partial charge in [0.15, 0.2) is 0 Å². The number of carbonyl (C=O) groups excluding carboxylic acids is 1. The van der Waals surface area contributed by atoms with Gasteiger partial charge in [0.25, 0.3) is 5.91 Å². The summed E-state index contributed by atoms with van der Waals surface area (Å²) in [6, 6.07) is 11.0. The van der Waals surface area contributed by atoms with Crippen molar-refractivity contribution >= 4 is 27.5 Å². The summed E-state index contributed by atoms with van der Waals surface area (Å²) in [7, 11) is 0. The number of hydrogen-bond donors (Lipinski definition) is 2.